The first-order chi connectivity index (χ1) is 8.49. The summed E-state index contributed by atoms with van der Waals surface area (Å²) >= 11 is 1.34. The molecule has 2 rings (SSSR count). The highest BCUT2D eigenvalue weighted by molar-refractivity contribution is 7.91. The van der Waals surface area contributed by atoms with Crippen molar-refractivity contribution in [2.75, 3.05) is 19.6 Å². The van der Waals surface area contributed by atoms with Gasteiger partial charge in [0.15, 0.2) is 0 Å². The lowest BCUT2D eigenvalue weighted by Crippen LogP contribution is -2.26. The van der Waals surface area contributed by atoms with Crippen LogP contribution in [0.25, 0.3) is 0 Å². The summed E-state index contributed by atoms with van der Waals surface area (Å²) in [5, 5.41) is 3.29. The van der Waals surface area contributed by atoms with Crippen molar-refractivity contribution in [3.8, 4) is 0 Å². The van der Waals surface area contributed by atoms with Crippen molar-refractivity contribution in [2.45, 2.75) is 30.9 Å². The summed E-state index contributed by atoms with van der Waals surface area (Å²) < 4.78 is 27.4. The van der Waals surface area contributed by atoms with Gasteiger partial charge in [-0.1, -0.05) is 0 Å². The summed E-state index contributed by atoms with van der Waals surface area (Å²) in [5.41, 5.74) is 0.840. The average molecular weight is 288 g/mol. The molecule has 1 aliphatic rings. The van der Waals surface area contributed by atoms with Crippen LogP contribution in [0.2, 0.25) is 0 Å². The van der Waals surface area contributed by atoms with E-state index in [1.54, 1.807) is 0 Å². The summed E-state index contributed by atoms with van der Waals surface area (Å²) in [5.74, 6) is 0.610. The second-order valence-corrected chi connectivity index (χ2v) is 8.09. The molecule has 0 aromatic carbocycles. The third-order valence-corrected chi connectivity index (χ3v) is 6.50. The quantitative estimate of drug-likeness (QED) is 0.866. The molecule has 1 saturated heterocycles. The van der Waals surface area contributed by atoms with E-state index in [0.717, 1.165) is 36.4 Å². The van der Waals surface area contributed by atoms with Gasteiger partial charge in [-0.05, 0) is 57.3 Å². The molecule has 1 aliphatic heterocycles. The molecule has 0 aliphatic carbocycles. The van der Waals surface area contributed by atoms with Gasteiger partial charge in [0.05, 0.1) is 0 Å². The number of aryl methyl sites for hydroxylation is 2. The smallest absolute Gasteiger partial charge is 0.250 e. The number of hydrogen-bond acceptors (Lipinski definition) is 4. The van der Waals surface area contributed by atoms with Gasteiger partial charge in [0.2, 0.25) is 10.0 Å². The Balaban J connectivity index is 1.93. The number of rotatable bonds is 5. The zero-order valence-electron chi connectivity index (χ0n) is 10.8. The van der Waals surface area contributed by atoms with Crippen molar-refractivity contribution in [1.29, 1.82) is 0 Å². The zero-order valence-corrected chi connectivity index (χ0v) is 12.5. The molecule has 0 amide bonds. The minimum Gasteiger partial charge on any atom is -0.316 e. The van der Waals surface area contributed by atoms with E-state index in [-0.39, 0.29) is 0 Å². The van der Waals surface area contributed by atoms with Crippen molar-refractivity contribution in [1.82, 2.24) is 10.0 Å². The molecule has 18 heavy (non-hydrogen) atoms. The Kier molecular flexibility index (Phi) is 4.42. The van der Waals surface area contributed by atoms with Crippen LogP contribution in [0.5, 0.6) is 0 Å². The third-order valence-electron chi connectivity index (χ3n) is 3.25. The Hall–Kier alpha value is -0.430. The van der Waals surface area contributed by atoms with Crippen LogP contribution in [-0.4, -0.2) is 28.1 Å². The zero-order chi connectivity index (χ0) is 13.2. The molecule has 0 bridgehead atoms. The summed E-state index contributed by atoms with van der Waals surface area (Å²) in [6, 6.07) is 1.92. The first-order valence-corrected chi connectivity index (χ1v) is 8.56. The van der Waals surface area contributed by atoms with Gasteiger partial charge in [-0.25, -0.2) is 13.1 Å². The van der Waals surface area contributed by atoms with Crippen LogP contribution in [0.15, 0.2) is 10.3 Å². The summed E-state index contributed by atoms with van der Waals surface area (Å²) in [6.45, 7) is 6.38. The molecule has 4 nitrogen and oxygen atoms in total. The maximum absolute atomic E-state index is 12.1. The van der Waals surface area contributed by atoms with E-state index in [0.29, 0.717) is 16.7 Å². The molecule has 0 saturated carbocycles. The van der Waals surface area contributed by atoms with Crippen LogP contribution >= 0.6 is 11.3 Å². The third kappa shape index (κ3) is 3.32. The Morgan fingerprint density at radius 3 is 2.83 bits per heavy atom. The standard InChI is InChI=1S/C12H20N2O2S2/c1-9-7-10(2)17-12(9)18(15,16)14-6-4-11-3-5-13-8-11/h7,11,13-14H,3-6,8H2,1-2H3. The van der Waals surface area contributed by atoms with E-state index in [4.69, 9.17) is 0 Å². The van der Waals surface area contributed by atoms with Gasteiger partial charge in [-0.2, -0.15) is 0 Å². The molecule has 1 atom stereocenters. The molecule has 0 spiro atoms. The van der Waals surface area contributed by atoms with E-state index < -0.39 is 10.0 Å². The minimum atomic E-state index is -3.31. The normalized spacial score (nSPS) is 20.4. The lowest BCUT2D eigenvalue weighted by molar-refractivity contribution is 0.519. The van der Waals surface area contributed by atoms with Crippen molar-refractivity contribution in [2.24, 2.45) is 5.92 Å². The second-order valence-electron chi connectivity index (χ2n) is 4.87. The first kappa shape index (κ1) is 14.0. The summed E-state index contributed by atoms with van der Waals surface area (Å²) in [7, 11) is -3.31. The Morgan fingerprint density at radius 2 is 2.28 bits per heavy atom. The predicted octanol–water partition coefficient (Wildman–Crippen LogP) is 1.64. The van der Waals surface area contributed by atoms with Crippen LogP contribution < -0.4 is 10.0 Å². The van der Waals surface area contributed by atoms with Gasteiger partial charge in [0.25, 0.3) is 0 Å². The van der Waals surface area contributed by atoms with E-state index in [2.05, 4.69) is 10.0 Å². The number of hydrogen-bond donors (Lipinski definition) is 2. The predicted molar refractivity (Wildman–Crippen MR) is 74.6 cm³/mol. The highest BCUT2D eigenvalue weighted by Gasteiger charge is 2.20. The number of thiophene rings is 1. The molecule has 1 unspecified atom stereocenters. The lowest BCUT2D eigenvalue weighted by atomic mass is 10.1. The van der Waals surface area contributed by atoms with E-state index in [9.17, 15) is 8.42 Å². The van der Waals surface area contributed by atoms with Gasteiger partial charge in [0, 0.05) is 11.4 Å². The fraction of sp³-hybridized carbons (Fsp3) is 0.667. The van der Waals surface area contributed by atoms with Crippen LogP contribution in [-0.2, 0) is 10.0 Å². The van der Waals surface area contributed by atoms with E-state index >= 15 is 0 Å². The van der Waals surface area contributed by atoms with Gasteiger partial charge in [0.1, 0.15) is 4.21 Å². The molecule has 102 valence electrons. The number of sulfonamides is 1. The van der Waals surface area contributed by atoms with Crippen molar-refractivity contribution in [3.05, 3.63) is 16.5 Å². The molecular weight excluding hydrogens is 268 g/mol. The first-order valence-electron chi connectivity index (χ1n) is 6.26. The van der Waals surface area contributed by atoms with Crippen LogP contribution in [0.3, 0.4) is 0 Å². The van der Waals surface area contributed by atoms with Crippen molar-refractivity contribution in [3.63, 3.8) is 0 Å². The fourth-order valence-electron chi connectivity index (χ4n) is 2.31. The van der Waals surface area contributed by atoms with Crippen molar-refractivity contribution >= 4 is 21.4 Å². The molecule has 2 N–H and O–H groups in total. The highest BCUT2D eigenvalue weighted by atomic mass is 32.2. The lowest BCUT2D eigenvalue weighted by Gasteiger charge is -2.09. The molecule has 1 aromatic rings. The van der Waals surface area contributed by atoms with Gasteiger partial charge >= 0.3 is 0 Å². The van der Waals surface area contributed by atoms with E-state index in [1.807, 2.05) is 19.9 Å². The molecule has 0 radical (unpaired) electrons. The minimum absolute atomic E-state index is 0.463. The van der Waals surface area contributed by atoms with Crippen LogP contribution in [0, 0.1) is 19.8 Å². The van der Waals surface area contributed by atoms with Crippen molar-refractivity contribution < 1.29 is 8.42 Å². The highest BCUT2D eigenvalue weighted by Crippen LogP contribution is 2.25. The molecule has 6 heteroatoms. The van der Waals surface area contributed by atoms with Gasteiger partial charge < -0.3 is 5.32 Å². The SMILES string of the molecule is Cc1cc(C)c(S(=O)(=O)NCCC2CCNC2)s1. The van der Waals surface area contributed by atoms with Gasteiger partial charge in [-0.15, -0.1) is 11.3 Å². The van der Waals surface area contributed by atoms with Crippen LogP contribution in [0.4, 0.5) is 0 Å². The average Bonchev–Trinajstić information content (AvgIpc) is 2.88. The Morgan fingerprint density at radius 1 is 1.50 bits per heavy atom. The number of nitrogens with one attached hydrogen (secondary N) is 2. The van der Waals surface area contributed by atoms with Gasteiger partial charge in [-0.3, -0.25) is 0 Å². The molecule has 2 heterocycles. The Bertz CT molecular complexity index is 502. The largest absolute Gasteiger partial charge is 0.316 e. The van der Waals surface area contributed by atoms with E-state index in [1.165, 1.54) is 11.3 Å². The summed E-state index contributed by atoms with van der Waals surface area (Å²) in [4.78, 5) is 1.04. The summed E-state index contributed by atoms with van der Waals surface area (Å²) in [6.07, 6.45) is 2.06. The molecule has 1 fully saturated rings. The maximum atomic E-state index is 12.1. The fourth-order valence-corrected chi connectivity index (χ4v) is 5.07. The second kappa shape index (κ2) is 5.69. The maximum Gasteiger partial charge on any atom is 0.250 e. The molecule has 1 aromatic heterocycles. The topological polar surface area (TPSA) is 58.2 Å². The monoisotopic (exact) mass is 288 g/mol. The van der Waals surface area contributed by atoms with Crippen LogP contribution in [0.1, 0.15) is 23.3 Å². The Labute approximate surface area is 113 Å². The molecular formula is C12H20N2O2S2.